The molecule has 0 fully saturated rings. The quantitative estimate of drug-likeness (QED) is 0.475. The van der Waals surface area contributed by atoms with Gasteiger partial charge in [-0.05, 0) is 24.6 Å². The molecule has 1 aromatic carbocycles. The molecule has 3 aromatic rings. The average molecular weight is 375 g/mol. The smallest absolute Gasteiger partial charge is 0.361 e. The first-order chi connectivity index (χ1) is 12.1. The second-order valence-electron chi connectivity index (χ2n) is 5.35. The van der Waals surface area contributed by atoms with Gasteiger partial charge in [-0.1, -0.05) is 43.3 Å². The molecule has 7 heteroatoms. The number of rotatable bonds is 6. The second kappa shape index (κ2) is 7.76. The predicted molar refractivity (Wildman–Crippen MR) is 98.7 cm³/mol. The molecule has 0 aliphatic heterocycles. The van der Waals surface area contributed by atoms with Crippen LogP contribution in [0.5, 0.6) is 11.6 Å². The van der Waals surface area contributed by atoms with Gasteiger partial charge in [0.15, 0.2) is 11.4 Å². The van der Waals surface area contributed by atoms with Crippen LogP contribution in [0.4, 0.5) is 0 Å². The Morgan fingerprint density at radius 2 is 2.04 bits per heavy atom. The fourth-order valence-corrected chi connectivity index (χ4v) is 4.45. The molecule has 5 nitrogen and oxygen atoms in total. The van der Waals surface area contributed by atoms with E-state index in [1.165, 1.54) is 23.1 Å². The van der Waals surface area contributed by atoms with Gasteiger partial charge in [-0.3, -0.25) is 0 Å². The molecule has 0 spiro atoms. The SMILES string of the molecule is CCCCOC(=O)c1nc(O)c2cc(Sc3ccccc3)sc2c1O. The standard InChI is InChI=1S/C18H17NO4S2/c1-2-3-9-23-18(22)14-15(20)16-12(17(21)19-14)10-13(25-16)24-11-7-5-4-6-8-11/h4-8,10,20H,2-3,9H2,1H3,(H,19,21). The van der Waals surface area contributed by atoms with E-state index in [-0.39, 0.29) is 23.9 Å². The van der Waals surface area contributed by atoms with Gasteiger partial charge in [0.2, 0.25) is 5.88 Å². The molecule has 2 N–H and O–H groups in total. The van der Waals surface area contributed by atoms with E-state index in [0.717, 1.165) is 21.9 Å². The van der Waals surface area contributed by atoms with Crippen molar-refractivity contribution in [2.75, 3.05) is 6.61 Å². The maximum Gasteiger partial charge on any atom is 0.361 e. The molecule has 0 aliphatic rings. The van der Waals surface area contributed by atoms with Crippen molar-refractivity contribution in [3.8, 4) is 11.6 Å². The molecule has 0 unspecified atom stereocenters. The zero-order valence-electron chi connectivity index (χ0n) is 13.6. The molecule has 0 bridgehead atoms. The van der Waals surface area contributed by atoms with Crippen molar-refractivity contribution in [3.05, 3.63) is 42.1 Å². The molecule has 0 amide bonds. The van der Waals surface area contributed by atoms with Crippen LogP contribution >= 0.6 is 23.1 Å². The molecule has 0 atom stereocenters. The van der Waals surface area contributed by atoms with Crippen LogP contribution in [0.15, 0.2) is 45.5 Å². The highest BCUT2D eigenvalue weighted by molar-refractivity contribution is 8.01. The summed E-state index contributed by atoms with van der Waals surface area (Å²) in [5.74, 6) is -1.26. The first kappa shape index (κ1) is 17.6. The lowest BCUT2D eigenvalue weighted by Crippen LogP contribution is -2.08. The number of nitrogens with zero attached hydrogens (tertiary/aromatic N) is 1. The number of ether oxygens (including phenoxy) is 1. The molecular formula is C18H17NO4S2. The Labute approximate surface area is 153 Å². The predicted octanol–water partition coefficient (Wildman–Crippen LogP) is 4.82. The highest BCUT2D eigenvalue weighted by Gasteiger charge is 2.22. The lowest BCUT2D eigenvalue weighted by Gasteiger charge is -2.06. The monoisotopic (exact) mass is 375 g/mol. The summed E-state index contributed by atoms with van der Waals surface area (Å²) in [7, 11) is 0. The number of benzene rings is 1. The number of aromatic nitrogens is 1. The van der Waals surface area contributed by atoms with Crippen molar-refractivity contribution in [2.45, 2.75) is 28.9 Å². The zero-order valence-corrected chi connectivity index (χ0v) is 15.2. The number of aromatic hydroxyl groups is 2. The maximum atomic E-state index is 12.1. The minimum Gasteiger partial charge on any atom is -0.504 e. The average Bonchev–Trinajstić information content (AvgIpc) is 3.04. The summed E-state index contributed by atoms with van der Waals surface area (Å²) in [5.41, 5.74) is -0.251. The Bertz CT molecular complexity index is 893. The second-order valence-corrected chi connectivity index (χ2v) is 7.77. The van der Waals surface area contributed by atoms with Gasteiger partial charge in [0, 0.05) is 4.90 Å². The lowest BCUT2D eigenvalue weighted by molar-refractivity contribution is 0.0488. The number of hydrogen-bond donors (Lipinski definition) is 2. The fraction of sp³-hybridized carbons (Fsp3) is 0.222. The third-order valence-electron chi connectivity index (χ3n) is 3.49. The normalized spacial score (nSPS) is 10.9. The molecular weight excluding hydrogens is 358 g/mol. The van der Waals surface area contributed by atoms with Gasteiger partial charge < -0.3 is 14.9 Å². The zero-order chi connectivity index (χ0) is 17.8. The molecule has 2 heterocycles. The molecule has 0 aliphatic carbocycles. The number of unbranched alkanes of at least 4 members (excludes halogenated alkanes) is 1. The fourth-order valence-electron chi connectivity index (χ4n) is 2.21. The van der Waals surface area contributed by atoms with E-state index in [9.17, 15) is 15.0 Å². The largest absolute Gasteiger partial charge is 0.504 e. The van der Waals surface area contributed by atoms with Crippen LogP contribution in [-0.2, 0) is 4.74 Å². The topological polar surface area (TPSA) is 79.7 Å². The highest BCUT2D eigenvalue weighted by Crippen LogP contribution is 2.44. The summed E-state index contributed by atoms with van der Waals surface area (Å²) in [5, 5.41) is 21.0. The van der Waals surface area contributed by atoms with E-state index in [1.54, 1.807) is 6.07 Å². The molecule has 2 aromatic heterocycles. The van der Waals surface area contributed by atoms with E-state index in [1.807, 2.05) is 37.3 Å². The van der Waals surface area contributed by atoms with Crippen molar-refractivity contribution in [1.29, 1.82) is 0 Å². The summed E-state index contributed by atoms with van der Waals surface area (Å²) < 4.78 is 6.39. The Morgan fingerprint density at radius 3 is 2.76 bits per heavy atom. The molecule has 0 saturated carbocycles. The van der Waals surface area contributed by atoms with Crippen LogP contribution in [0, 0.1) is 0 Å². The van der Waals surface area contributed by atoms with Gasteiger partial charge >= 0.3 is 5.97 Å². The number of carbonyl (C=O) groups is 1. The van der Waals surface area contributed by atoms with Gasteiger partial charge in [0.1, 0.15) is 0 Å². The number of thiophene rings is 1. The minimum atomic E-state index is -0.728. The van der Waals surface area contributed by atoms with Gasteiger partial charge in [-0.25, -0.2) is 9.78 Å². The van der Waals surface area contributed by atoms with Crippen LogP contribution in [0.2, 0.25) is 0 Å². The van der Waals surface area contributed by atoms with Crippen molar-refractivity contribution in [3.63, 3.8) is 0 Å². The number of hydrogen-bond acceptors (Lipinski definition) is 7. The van der Waals surface area contributed by atoms with Crippen LogP contribution in [0.1, 0.15) is 30.3 Å². The maximum absolute atomic E-state index is 12.1. The summed E-state index contributed by atoms with van der Waals surface area (Å²) in [6, 6.07) is 11.5. The van der Waals surface area contributed by atoms with Crippen LogP contribution in [0.3, 0.4) is 0 Å². The van der Waals surface area contributed by atoms with E-state index in [4.69, 9.17) is 4.74 Å². The molecule has 25 heavy (non-hydrogen) atoms. The van der Waals surface area contributed by atoms with Crippen molar-refractivity contribution >= 4 is 39.2 Å². The summed E-state index contributed by atoms with van der Waals surface area (Å²) in [4.78, 5) is 16.9. The Hall–Kier alpha value is -2.25. The third-order valence-corrected chi connectivity index (χ3v) is 5.76. The van der Waals surface area contributed by atoms with Crippen molar-refractivity contribution in [2.24, 2.45) is 0 Å². The van der Waals surface area contributed by atoms with Gasteiger partial charge in [0.05, 0.1) is 20.9 Å². The molecule has 0 saturated heterocycles. The van der Waals surface area contributed by atoms with E-state index >= 15 is 0 Å². The third kappa shape index (κ3) is 3.88. The number of carbonyl (C=O) groups excluding carboxylic acids is 1. The van der Waals surface area contributed by atoms with Crippen molar-refractivity contribution < 1.29 is 19.7 Å². The summed E-state index contributed by atoms with van der Waals surface area (Å²) in [6.07, 6.45) is 1.62. The first-order valence-electron chi connectivity index (χ1n) is 7.85. The van der Waals surface area contributed by atoms with Gasteiger partial charge in [0.25, 0.3) is 0 Å². The first-order valence-corrected chi connectivity index (χ1v) is 9.49. The van der Waals surface area contributed by atoms with Crippen molar-refractivity contribution in [1.82, 2.24) is 4.98 Å². The number of pyridine rings is 1. The van der Waals surface area contributed by atoms with Crippen LogP contribution in [0.25, 0.3) is 10.1 Å². The lowest BCUT2D eigenvalue weighted by atomic mass is 10.2. The summed E-state index contributed by atoms with van der Waals surface area (Å²) in [6.45, 7) is 2.24. The Kier molecular flexibility index (Phi) is 5.45. The molecule has 130 valence electrons. The van der Waals surface area contributed by atoms with Gasteiger partial charge in [-0.2, -0.15) is 0 Å². The highest BCUT2D eigenvalue weighted by atomic mass is 32.2. The molecule has 0 radical (unpaired) electrons. The minimum absolute atomic E-state index is 0.251. The van der Waals surface area contributed by atoms with Crippen LogP contribution in [-0.4, -0.2) is 27.8 Å². The van der Waals surface area contributed by atoms with Crippen LogP contribution < -0.4 is 0 Å². The molecule has 3 rings (SSSR count). The Balaban J connectivity index is 1.92. The van der Waals surface area contributed by atoms with E-state index < -0.39 is 5.97 Å². The number of fused-ring (bicyclic) bond motifs is 1. The Morgan fingerprint density at radius 1 is 1.28 bits per heavy atom. The van der Waals surface area contributed by atoms with E-state index in [2.05, 4.69) is 4.98 Å². The van der Waals surface area contributed by atoms with E-state index in [0.29, 0.717) is 10.1 Å². The number of esters is 1. The van der Waals surface area contributed by atoms with Gasteiger partial charge in [-0.15, -0.1) is 11.3 Å². The summed E-state index contributed by atoms with van der Waals surface area (Å²) >= 11 is 2.81.